The van der Waals surface area contributed by atoms with Crippen LogP contribution in [0, 0.1) is 0 Å². The van der Waals surface area contributed by atoms with Crippen molar-refractivity contribution >= 4 is 16.7 Å². The van der Waals surface area contributed by atoms with Crippen molar-refractivity contribution < 1.29 is 0 Å². The van der Waals surface area contributed by atoms with Crippen LogP contribution < -0.4 is 5.73 Å². The third kappa shape index (κ3) is 0.845. The van der Waals surface area contributed by atoms with E-state index in [4.69, 9.17) is 5.73 Å². The maximum absolute atomic E-state index is 5.78. The first kappa shape index (κ1) is 7.09. The predicted octanol–water partition coefficient (Wildman–Crippen LogP) is 1.03. The first-order chi connectivity index (χ1) is 5.83. The van der Waals surface area contributed by atoms with Gasteiger partial charge in [0.25, 0.3) is 0 Å². The molecule has 1 aromatic carbocycles. The summed E-state index contributed by atoms with van der Waals surface area (Å²) >= 11 is 0. The van der Waals surface area contributed by atoms with Gasteiger partial charge in [0.1, 0.15) is 11.0 Å². The zero-order valence-electron chi connectivity index (χ0n) is 6.86. The van der Waals surface area contributed by atoms with E-state index < -0.39 is 0 Å². The molecule has 0 spiro atoms. The lowest BCUT2D eigenvalue weighted by molar-refractivity contribution is 0.647. The van der Waals surface area contributed by atoms with E-state index >= 15 is 0 Å². The molecular formula is C8H10N4. The van der Waals surface area contributed by atoms with Gasteiger partial charge in [0.05, 0.1) is 5.69 Å². The Hall–Kier alpha value is -1.58. The molecule has 4 heteroatoms. The van der Waals surface area contributed by atoms with Crippen molar-refractivity contribution in [2.24, 2.45) is 0 Å². The number of nitrogen functional groups attached to an aromatic ring is 1. The zero-order chi connectivity index (χ0) is 8.55. The van der Waals surface area contributed by atoms with E-state index in [1.54, 1.807) is 4.68 Å². The monoisotopic (exact) mass is 162 g/mol. The van der Waals surface area contributed by atoms with Gasteiger partial charge in [0, 0.05) is 6.54 Å². The fourth-order valence-electron chi connectivity index (χ4n) is 1.28. The molecule has 0 amide bonds. The third-order valence-corrected chi connectivity index (χ3v) is 1.86. The lowest BCUT2D eigenvalue weighted by Crippen LogP contribution is -1.98. The molecule has 2 rings (SSSR count). The summed E-state index contributed by atoms with van der Waals surface area (Å²) in [5, 5.41) is 7.94. The minimum absolute atomic E-state index is 0.736. The molecule has 4 nitrogen and oxygen atoms in total. The van der Waals surface area contributed by atoms with E-state index in [0.717, 1.165) is 23.3 Å². The lowest BCUT2D eigenvalue weighted by Gasteiger charge is -1.98. The number of hydrogen-bond donors (Lipinski definition) is 1. The van der Waals surface area contributed by atoms with Crippen molar-refractivity contribution in [1.29, 1.82) is 0 Å². The summed E-state index contributed by atoms with van der Waals surface area (Å²) in [5.74, 6) is 0. The molecule has 12 heavy (non-hydrogen) atoms. The lowest BCUT2D eigenvalue weighted by atomic mass is 10.3. The maximum Gasteiger partial charge on any atom is 0.115 e. The van der Waals surface area contributed by atoms with Gasteiger partial charge in [-0.1, -0.05) is 11.3 Å². The van der Waals surface area contributed by atoms with Crippen LogP contribution in [0.4, 0.5) is 5.69 Å². The molecule has 0 saturated carbocycles. The van der Waals surface area contributed by atoms with E-state index in [1.807, 2.05) is 25.1 Å². The number of benzene rings is 1. The smallest absolute Gasteiger partial charge is 0.115 e. The number of anilines is 1. The second kappa shape index (κ2) is 2.48. The van der Waals surface area contributed by atoms with Gasteiger partial charge in [0.15, 0.2) is 0 Å². The van der Waals surface area contributed by atoms with Crippen LogP contribution in [0.5, 0.6) is 0 Å². The number of para-hydroxylation sites is 1. The minimum Gasteiger partial charge on any atom is -0.397 e. The van der Waals surface area contributed by atoms with E-state index in [1.165, 1.54) is 0 Å². The molecule has 0 saturated heterocycles. The highest BCUT2D eigenvalue weighted by Crippen LogP contribution is 2.17. The van der Waals surface area contributed by atoms with Crippen molar-refractivity contribution in [3.63, 3.8) is 0 Å². The van der Waals surface area contributed by atoms with Crippen LogP contribution in [-0.4, -0.2) is 15.0 Å². The molecule has 0 unspecified atom stereocenters. The van der Waals surface area contributed by atoms with Crippen molar-refractivity contribution in [1.82, 2.24) is 15.0 Å². The van der Waals surface area contributed by atoms with Crippen molar-refractivity contribution in [3.05, 3.63) is 18.2 Å². The second-order valence-corrected chi connectivity index (χ2v) is 2.62. The number of hydrogen-bond acceptors (Lipinski definition) is 3. The molecule has 1 heterocycles. The Kier molecular flexibility index (Phi) is 1.46. The molecule has 0 aliphatic heterocycles. The molecule has 62 valence electrons. The van der Waals surface area contributed by atoms with Crippen LogP contribution in [-0.2, 0) is 6.54 Å². The maximum atomic E-state index is 5.78. The first-order valence-electron chi connectivity index (χ1n) is 3.90. The minimum atomic E-state index is 0.736. The fourth-order valence-corrected chi connectivity index (χ4v) is 1.28. The van der Waals surface area contributed by atoms with Gasteiger partial charge in [-0.2, -0.15) is 0 Å². The quantitative estimate of drug-likeness (QED) is 0.637. The molecule has 0 radical (unpaired) electrons. The topological polar surface area (TPSA) is 56.7 Å². The van der Waals surface area contributed by atoms with E-state index in [2.05, 4.69) is 10.3 Å². The highest BCUT2D eigenvalue weighted by molar-refractivity contribution is 5.86. The molecule has 0 bridgehead atoms. The number of rotatable bonds is 1. The Morgan fingerprint density at radius 3 is 3.08 bits per heavy atom. The molecule has 0 fully saturated rings. The highest BCUT2D eigenvalue weighted by atomic mass is 15.4. The van der Waals surface area contributed by atoms with Crippen LogP contribution in [0.25, 0.3) is 11.0 Å². The van der Waals surface area contributed by atoms with Gasteiger partial charge in [-0.3, -0.25) is 0 Å². The third-order valence-electron chi connectivity index (χ3n) is 1.86. The first-order valence-corrected chi connectivity index (χ1v) is 3.90. The van der Waals surface area contributed by atoms with Crippen molar-refractivity contribution in [3.8, 4) is 0 Å². The summed E-state index contributed by atoms with van der Waals surface area (Å²) in [4.78, 5) is 0. The van der Waals surface area contributed by atoms with Crippen LogP contribution in [0.1, 0.15) is 6.92 Å². The van der Waals surface area contributed by atoms with Crippen LogP contribution in [0.2, 0.25) is 0 Å². The second-order valence-electron chi connectivity index (χ2n) is 2.62. The Balaban J connectivity index is 2.83. The van der Waals surface area contributed by atoms with Crippen molar-refractivity contribution in [2.45, 2.75) is 13.5 Å². The number of nitrogens with two attached hydrogens (primary N) is 1. The van der Waals surface area contributed by atoms with Gasteiger partial charge in [0.2, 0.25) is 0 Å². The van der Waals surface area contributed by atoms with Gasteiger partial charge < -0.3 is 5.73 Å². The largest absolute Gasteiger partial charge is 0.397 e. The molecule has 2 N–H and O–H groups in total. The summed E-state index contributed by atoms with van der Waals surface area (Å²) in [6.45, 7) is 2.81. The highest BCUT2D eigenvalue weighted by Gasteiger charge is 2.04. The molecule has 2 aromatic rings. The molecule has 1 aromatic heterocycles. The summed E-state index contributed by atoms with van der Waals surface area (Å²) in [6.07, 6.45) is 0. The Bertz CT molecular complexity index is 404. The normalized spacial score (nSPS) is 10.8. The predicted molar refractivity (Wildman–Crippen MR) is 47.6 cm³/mol. The Morgan fingerprint density at radius 1 is 1.50 bits per heavy atom. The van der Waals surface area contributed by atoms with E-state index in [-0.39, 0.29) is 0 Å². The van der Waals surface area contributed by atoms with E-state index in [9.17, 15) is 0 Å². The van der Waals surface area contributed by atoms with Gasteiger partial charge >= 0.3 is 0 Å². The van der Waals surface area contributed by atoms with E-state index in [0.29, 0.717) is 0 Å². The molecule has 0 aliphatic carbocycles. The zero-order valence-corrected chi connectivity index (χ0v) is 6.86. The Morgan fingerprint density at radius 2 is 2.33 bits per heavy atom. The summed E-state index contributed by atoms with van der Waals surface area (Å²) < 4.78 is 1.80. The van der Waals surface area contributed by atoms with Crippen molar-refractivity contribution in [2.75, 3.05) is 5.73 Å². The van der Waals surface area contributed by atoms with Crippen LogP contribution in [0.15, 0.2) is 18.2 Å². The average Bonchev–Trinajstić information content (AvgIpc) is 2.49. The van der Waals surface area contributed by atoms with Gasteiger partial charge in [-0.15, -0.1) is 5.10 Å². The number of fused-ring (bicyclic) bond motifs is 1. The fraction of sp³-hybridized carbons (Fsp3) is 0.250. The Labute approximate surface area is 70.0 Å². The molecule has 0 aliphatic rings. The average molecular weight is 162 g/mol. The van der Waals surface area contributed by atoms with Gasteiger partial charge in [-0.05, 0) is 19.1 Å². The number of aromatic nitrogens is 3. The van der Waals surface area contributed by atoms with Crippen LogP contribution >= 0.6 is 0 Å². The number of aryl methyl sites for hydroxylation is 1. The SMILES string of the molecule is CCn1nnc2cccc(N)c21. The van der Waals surface area contributed by atoms with Crippen LogP contribution in [0.3, 0.4) is 0 Å². The summed E-state index contributed by atoms with van der Waals surface area (Å²) in [6, 6.07) is 5.65. The standard InChI is InChI=1S/C8H10N4/c1-2-12-8-6(9)4-3-5-7(8)10-11-12/h3-5H,2,9H2,1H3. The molecular weight excluding hydrogens is 152 g/mol. The summed E-state index contributed by atoms with van der Waals surface area (Å²) in [5.41, 5.74) is 8.30. The number of nitrogens with zero attached hydrogens (tertiary/aromatic N) is 3. The van der Waals surface area contributed by atoms with Gasteiger partial charge in [-0.25, -0.2) is 4.68 Å². The molecule has 0 atom stereocenters. The summed E-state index contributed by atoms with van der Waals surface area (Å²) in [7, 11) is 0.